The Balaban J connectivity index is 1.89. The predicted octanol–water partition coefficient (Wildman–Crippen LogP) is 2.58. The summed E-state index contributed by atoms with van der Waals surface area (Å²) in [6.07, 6.45) is 0.652. The molecule has 0 fully saturated rings. The Morgan fingerprint density at radius 3 is 2.42 bits per heavy atom. The van der Waals surface area contributed by atoms with Gasteiger partial charge >= 0.3 is 5.97 Å². The van der Waals surface area contributed by atoms with Crippen molar-refractivity contribution in [1.29, 1.82) is 0 Å². The Morgan fingerprint density at radius 2 is 1.79 bits per heavy atom. The van der Waals surface area contributed by atoms with E-state index in [1.165, 1.54) is 36.3 Å². The van der Waals surface area contributed by atoms with Crippen LogP contribution in [0.15, 0.2) is 42.5 Å². The van der Waals surface area contributed by atoms with E-state index in [0.29, 0.717) is 29.8 Å². The van der Waals surface area contributed by atoms with E-state index in [2.05, 4.69) is 4.74 Å². The van der Waals surface area contributed by atoms with E-state index in [9.17, 15) is 19.7 Å². The van der Waals surface area contributed by atoms with Crippen molar-refractivity contribution in [2.75, 3.05) is 18.6 Å². The minimum absolute atomic E-state index is 0.0468. The van der Waals surface area contributed by atoms with Gasteiger partial charge in [-0.1, -0.05) is 6.07 Å². The number of non-ortho nitro benzene ring substituents is 1. The molecule has 0 atom stereocenters. The molecule has 122 valence electrons. The van der Waals surface area contributed by atoms with Crippen molar-refractivity contribution in [3.05, 3.63) is 69.3 Å². The summed E-state index contributed by atoms with van der Waals surface area (Å²) in [6.45, 7) is 0.466. The molecule has 1 aliphatic rings. The van der Waals surface area contributed by atoms with Crippen LogP contribution in [0, 0.1) is 10.1 Å². The molecular formula is C17H14N2O5. The molecule has 0 radical (unpaired) electrons. The number of amides is 1. The zero-order chi connectivity index (χ0) is 17.3. The molecule has 7 heteroatoms. The number of methoxy groups -OCH3 is 1. The van der Waals surface area contributed by atoms with E-state index >= 15 is 0 Å². The van der Waals surface area contributed by atoms with Gasteiger partial charge in [-0.2, -0.15) is 0 Å². The summed E-state index contributed by atoms with van der Waals surface area (Å²) in [5.74, 6) is -0.734. The van der Waals surface area contributed by atoms with Crippen molar-refractivity contribution < 1.29 is 19.2 Å². The molecule has 0 aromatic heterocycles. The summed E-state index contributed by atoms with van der Waals surface area (Å²) >= 11 is 0. The molecule has 0 bridgehead atoms. The molecule has 1 heterocycles. The van der Waals surface area contributed by atoms with Gasteiger partial charge in [-0.05, 0) is 36.2 Å². The second kappa shape index (κ2) is 6.11. The van der Waals surface area contributed by atoms with Crippen LogP contribution in [0.25, 0.3) is 0 Å². The maximum atomic E-state index is 12.7. The van der Waals surface area contributed by atoms with E-state index in [0.717, 1.165) is 5.56 Å². The van der Waals surface area contributed by atoms with Crippen LogP contribution in [0.3, 0.4) is 0 Å². The molecule has 0 saturated carbocycles. The highest BCUT2D eigenvalue weighted by molar-refractivity contribution is 6.07. The number of fused-ring (bicyclic) bond motifs is 1. The molecule has 2 aromatic carbocycles. The third-order valence-corrected chi connectivity index (χ3v) is 3.97. The second-order valence-corrected chi connectivity index (χ2v) is 5.35. The summed E-state index contributed by atoms with van der Waals surface area (Å²) < 4.78 is 4.62. The van der Waals surface area contributed by atoms with Gasteiger partial charge in [0.2, 0.25) is 0 Å². The third-order valence-electron chi connectivity index (χ3n) is 3.97. The van der Waals surface area contributed by atoms with E-state index in [1.54, 1.807) is 18.2 Å². The molecule has 2 aromatic rings. The lowest BCUT2D eigenvalue weighted by atomic mass is 10.1. The molecule has 1 aliphatic heterocycles. The fourth-order valence-electron chi connectivity index (χ4n) is 2.71. The maximum absolute atomic E-state index is 12.7. The molecule has 0 saturated heterocycles. The smallest absolute Gasteiger partial charge is 0.337 e. The topological polar surface area (TPSA) is 89.8 Å². The minimum atomic E-state index is -0.480. The molecule has 1 amide bonds. The highest BCUT2D eigenvalue weighted by Crippen LogP contribution is 2.32. The minimum Gasteiger partial charge on any atom is -0.465 e. The monoisotopic (exact) mass is 326 g/mol. The zero-order valence-corrected chi connectivity index (χ0v) is 12.9. The first-order valence-corrected chi connectivity index (χ1v) is 7.29. The number of hydrogen-bond acceptors (Lipinski definition) is 5. The van der Waals surface area contributed by atoms with Gasteiger partial charge in [-0.15, -0.1) is 0 Å². The Kier molecular flexibility index (Phi) is 3.99. The van der Waals surface area contributed by atoms with Crippen molar-refractivity contribution in [2.45, 2.75) is 6.42 Å². The van der Waals surface area contributed by atoms with Gasteiger partial charge in [-0.3, -0.25) is 14.9 Å². The lowest BCUT2D eigenvalue weighted by molar-refractivity contribution is -0.384. The fraction of sp³-hybridized carbons (Fsp3) is 0.176. The van der Waals surface area contributed by atoms with Crippen LogP contribution in [0.5, 0.6) is 0 Å². The first-order chi connectivity index (χ1) is 11.5. The average molecular weight is 326 g/mol. The first kappa shape index (κ1) is 15.7. The normalized spacial score (nSPS) is 12.6. The summed E-state index contributed by atoms with van der Waals surface area (Å²) in [5, 5.41) is 10.9. The van der Waals surface area contributed by atoms with E-state index in [4.69, 9.17) is 0 Å². The van der Waals surface area contributed by atoms with Gasteiger partial charge in [0, 0.05) is 24.2 Å². The molecule has 0 N–H and O–H groups in total. The van der Waals surface area contributed by atoms with Crippen LogP contribution in [-0.4, -0.2) is 30.5 Å². The van der Waals surface area contributed by atoms with Crippen LogP contribution in [0.1, 0.15) is 26.3 Å². The number of carbonyl (C=O) groups excluding carboxylic acids is 2. The number of nitrogens with zero attached hydrogens (tertiary/aromatic N) is 2. The van der Waals surface area contributed by atoms with Crippen LogP contribution in [0.2, 0.25) is 0 Å². The zero-order valence-electron chi connectivity index (χ0n) is 12.9. The maximum Gasteiger partial charge on any atom is 0.337 e. The lowest BCUT2D eigenvalue weighted by Crippen LogP contribution is -2.28. The highest BCUT2D eigenvalue weighted by atomic mass is 16.6. The third kappa shape index (κ3) is 2.71. The Bertz CT molecular complexity index is 829. The first-order valence-electron chi connectivity index (χ1n) is 7.29. The number of esters is 1. The Morgan fingerprint density at radius 1 is 1.12 bits per heavy atom. The van der Waals surface area contributed by atoms with Crippen molar-refractivity contribution >= 4 is 23.3 Å². The van der Waals surface area contributed by atoms with E-state index in [-0.39, 0.29) is 11.6 Å². The fourth-order valence-corrected chi connectivity index (χ4v) is 2.71. The SMILES string of the molecule is COC(=O)c1ccc(C(=O)N2CCc3ccc([N+](=O)[O-])cc32)cc1. The van der Waals surface area contributed by atoms with Gasteiger partial charge < -0.3 is 9.64 Å². The largest absolute Gasteiger partial charge is 0.465 e. The van der Waals surface area contributed by atoms with Crippen LogP contribution >= 0.6 is 0 Å². The molecule has 0 aliphatic carbocycles. The Labute approximate surface area is 137 Å². The number of carbonyl (C=O) groups is 2. The second-order valence-electron chi connectivity index (χ2n) is 5.35. The number of benzene rings is 2. The van der Waals surface area contributed by atoms with Gasteiger partial charge in [-0.25, -0.2) is 4.79 Å². The quantitative estimate of drug-likeness (QED) is 0.491. The molecule has 24 heavy (non-hydrogen) atoms. The summed E-state index contributed by atoms with van der Waals surface area (Å²) in [7, 11) is 1.29. The van der Waals surface area contributed by atoms with E-state index < -0.39 is 10.9 Å². The summed E-state index contributed by atoms with van der Waals surface area (Å²) in [4.78, 5) is 36.1. The average Bonchev–Trinajstić information content (AvgIpc) is 3.03. The van der Waals surface area contributed by atoms with Gasteiger partial charge in [0.05, 0.1) is 23.3 Å². The lowest BCUT2D eigenvalue weighted by Gasteiger charge is -2.17. The number of rotatable bonds is 3. The van der Waals surface area contributed by atoms with E-state index in [1.807, 2.05) is 0 Å². The Hall–Kier alpha value is -3.22. The van der Waals surface area contributed by atoms with Crippen molar-refractivity contribution in [1.82, 2.24) is 0 Å². The number of ether oxygens (including phenoxy) is 1. The highest BCUT2D eigenvalue weighted by Gasteiger charge is 2.27. The van der Waals surface area contributed by atoms with Gasteiger partial charge in [0.25, 0.3) is 11.6 Å². The van der Waals surface area contributed by atoms with Crippen molar-refractivity contribution in [3.8, 4) is 0 Å². The molecule has 0 unspecified atom stereocenters. The van der Waals surface area contributed by atoms with Crippen molar-refractivity contribution in [3.63, 3.8) is 0 Å². The van der Waals surface area contributed by atoms with Crippen LogP contribution in [-0.2, 0) is 11.2 Å². The molecule has 0 spiro atoms. The van der Waals surface area contributed by atoms with Crippen LogP contribution < -0.4 is 4.90 Å². The molecular weight excluding hydrogens is 312 g/mol. The van der Waals surface area contributed by atoms with Gasteiger partial charge in [0.1, 0.15) is 0 Å². The summed E-state index contributed by atoms with van der Waals surface area (Å²) in [5.41, 5.74) is 2.18. The van der Waals surface area contributed by atoms with Crippen LogP contribution in [0.4, 0.5) is 11.4 Å². The standard InChI is InChI=1S/C17H14N2O5/c1-24-17(21)13-4-2-12(3-5-13)16(20)18-9-8-11-6-7-14(19(22)23)10-15(11)18/h2-7,10H,8-9H2,1H3. The van der Waals surface area contributed by atoms with Crippen molar-refractivity contribution in [2.24, 2.45) is 0 Å². The number of nitro benzene ring substituents is 1. The van der Waals surface area contributed by atoms with Gasteiger partial charge in [0.15, 0.2) is 0 Å². The number of hydrogen-bond donors (Lipinski definition) is 0. The molecule has 3 rings (SSSR count). The molecule has 7 nitrogen and oxygen atoms in total. The summed E-state index contributed by atoms with van der Waals surface area (Å²) in [6, 6.07) is 10.7. The number of anilines is 1. The predicted molar refractivity (Wildman–Crippen MR) is 86.3 cm³/mol. The number of nitro groups is 1.